The summed E-state index contributed by atoms with van der Waals surface area (Å²) in [5.74, 6) is 6.35. The molecule has 3 aromatic rings. The van der Waals surface area contributed by atoms with Crippen LogP contribution in [0.3, 0.4) is 0 Å². The van der Waals surface area contributed by atoms with Gasteiger partial charge in [-0.05, 0) is 74.3 Å². The lowest BCUT2D eigenvalue weighted by atomic mass is 9.75. The van der Waals surface area contributed by atoms with Crippen LogP contribution in [-0.2, 0) is 0 Å². The molecule has 6 heteroatoms. The van der Waals surface area contributed by atoms with Crippen molar-refractivity contribution in [1.29, 1.82) is 0 Å². The van der Waals surface area contributed by atoms with Gasteiger partial charge in [-0.15, -0.1) is 0 Å². The van der Waals surface area contributed by atoms with E-state index in [1.165, 1.54) is 17.7 Å². The number of hydrogen-bond donors (Lipinski definition) is 1. The summed E-state index contributed by atoms with van der Waals surface area (Å²) in [6.45, 7) is 4.68. The molecule has 35 heavy (non-hydrogen) atoms. The van der Waals surface area contributed by atoms with E-state index in [1.807, 2.05) is 17.0 Å². The number of urea groups is 1. The van der Waals surface area contributed by atoms with Crippen LogP contribution in [-0.4, -0.2) is 52.5 Å². The van der Waals surface area contributed by atoms with Crippen LogP contribution in [0.5, 0.6) is 0 Å². The van der Waals surface area contributed by atoms with Crippen LogP contribution in [0.25, 0.3) is 0 Å². The van der Waals surface area contributed by atoms with Crippen LogP contribution in [0.2, 0.25) is 0 Å². The van der Waals surface area contributed by atoms with E-state index in [4.69, 9.17) is 0 Å². The van der Waals surface area contributed by atoms with Crippen molar-refractivity contribution in [2.45, 2.75) is 37.8 Å². The molecular weight excluding hydrogens is 439 g/mol. The summed E-state index contributed by atoms with van der Waals surface area (Å²) < 4.78 is 13.6. The predicted molar refractivity (Wildman–Crippen MR) is 136 cm³/mol. The van der Waals surface area contributed by atoms with Crippen molar-refractivity contribution in [3.63, 3.8) is 0 Å². The van der Waals surface area contributed by atoms with Crippen molar-refractivity contribution in [3.05, 3.63) is 95.6 Å². The molecule has 5 rings (SSSR count). The number of rotatable bonds is 2. The Bertz CT molecular complexity index is 1230. The molecule has 2 aliphatic rings. The maximum Gasteiger partial charge on any atom is 0.321 e. The molecule has 2 aromatic carbocycles. The fourth-order valence-corrected chi connectivity index (χ4v) is 5.26. The zero-order chi connectivity index (χ0) is 24.2. The van der Waals surface area contributed by atoms with Crippen LogP contribution in [0, 0.1) is 17.7 Å². The Morgan fingerprint density at radius 3 is 2.60 bits per heavy atom. The largest absolute Gasteiger partial charge is 0.323 e. The number of hydrogen-bond acceptors (Lipinski definition) is 3. The molecule has 2 saturated heterocycles. The van der Waals surface area contributed by atoms with E-state index in [0.717, 1.165) is 30.5 Å². The first-order valence-corrected chi connectivity index (χ1v) is 12.2. The average molecular weight is 469 g/mol. The molecule has 178 valence electrons. The van der Waals surface area contributed by atoms with Crippen molar-refractivity contribution >= 4 is 11.7 Å². The van der Waals surface area contributed by atoms with Gasteiger partial charge in [-0.25, -0.2) is 9.18 Å². The maximum atomic E-state index is 13.6. The summed E-state index contributed by atoms with van der Waals surface area (Å²) >= 11 is 0. The van der Waals surface area contributed by atoms with Gasteiger partial charge in [0.25, 0.3) is 0 Å². The second kappa shape index (κ2) is 10.3. The number of pyridine rings is 1. The SMILES string of the molecule is C[C@@H]1[C@H](c2ccc(C#Cc3cccnc3)cc2)[C@@H]2CN(C(=O)Nc3cccc(F)c3)CCCCN12. The molecule has 0 bridgehead atoms. The fourth-order valence-electron chi connectivity index (χ4n) is 5.26. The molecule has 0 aliphatic carbocycles. The van der Waals surface area contributed by atoms with E-state index >= 15 is 0 Å². The summed E-state index contributed by atoms with van der Waals surface area (Å²) in [6, 6.07) is 18.9. The van der Waals surface area contributed by atoms with Crippen molar-refractivity contribution in [2.75, 3.05) is 25.0 Å². The summed E-state index contributed by atoms with van der Waals surface area (Å²) in [6.07, 6.45) is 5.52. The number of carbonyl (C=O) groups excluding carboxylic acids is 1. The van der Waals surface area contributed by atoms with E-state index in [1.54, 1.807) is 24.5 Å². The third-order valence-corrected chi connectivity index (χ3v) is 7.06. The van der Waals surface area contributed by atoms with Gasteiger partial charge in [0, 0.05) is 60.3 Å². The molecule has 1 aromatic heterocycles. The summed E-state index contributed by atoms with van der Waals surface area (Å²) in [7, 11) is 0. The molecular formula is C29H29FN4O. The highest BCUT2D eigenvalue weighted by molar-refractivity contribution is 5.89. The molecule has 0 unspecified atom stereocenters. The highest BCUT2D eigenvalue weighted by atomic mass is 19.1. The van der Waals surface area contributed by atoms with E-state index in [0.29, 0.717) is 30.7 Å². The van der Waals surface area contributed by atoms with Crippen LogP contribution < -0.4 is 5.32 Å². The Morgan fingerprint density at radius 2 is 1.83 bits per heavy atom. The number of nitrogens with zero attached hydrogens (tertiary/aromatic N) is 3. The average Bonchev–Trinajstić information content (AvgIpc) is 2.85. The minimum atomic E-state index is -0.358. The molecule has 0 saturated carbocycles. The maximum absolute atomic E-state index is 13.6. The monoisotopic (exact) mass is 468 g/mol. The molecule has 2 fully saturated rings. The first kappa shape index (κ1) is 23.1. The Labute approximate surface area is 206 Å². The van der Waals surface area contributed by atoms with Gasteiger partial charge < -0.3 is 10.2 Å². The molecule has 3 heterocycles. The highest BCUT2D eigenvalue weighted by Gasteiger charge is 2.47. The van der Waals surface area contributed by atoms with Crippen molar-refractivity contribution in [1.82, 2.24) is 14.8 Å². The lowest BCUT2D eigenvalue weighted by Crippen LogP contribution is -2.66. The summed E-state index contributed by atoms with van der Waals surface area (Å²) in [5.41, 5.74) is 3.62. The van der Waals surface area contributed by atoms with Crippen molar-refractivity contribution in [2.24, 2.45) is 0 Å². The summed E-state index contributed by atoms with van der Waals surface area (Å²) in [5, 5.41) is 2.87. The Hall–Kier alpha value is -3.69. The topological polar surface area (TPSA) is 48.5 Å². The second-order valence-electron chi connectivity index (χ2n) is 9.28. The van der Waals surface area contributed by atoms with Crippen LogP contribution in [0.1, 0.15) is 42.4 Å². The number of carbonyl (C=O) groups is 1. The van der Waals surface area contributed by atoms with Gasteiger partial charge in [0.05, 0.1) is 0 Å². The van der Waals surface area contributed by atoms with E-state index in [9.17, 15) is 9.18 Å². The van der Waals surface area contributed by atoms with E-state index in [-0.39, 0.29) is 17.9 Å². The van der Waals surface area contributed by atoms with E-state index < -0.39 is 0 Å². The molecule has 5 nitrogen and oxygen atoms in total. The number of aromatic nitrogens is 1. The lowest BCUT2D eigenvalue weighted by molar-refractivity contribution is -0.0259. The standard InChI is InChI=1S/C29H29FN4O/c1-21-28(24-13-11-22(12-14-24)9-10-23-6-5-15-31-19-23)27-20-33(16-2-3-17-34(21)27)29(35)32-26-8-4-7-25(30)18-26/h4-8,11-15,18-19,21,27-28H,2-3,16-17,20H2,1H3,(H,32,35)/t21-,27+,28-/m1/s1. The van der Waals surface area contributed by atoms with Crippen LogP contribution in [0.15, 0.2) is 73.1 Å². The highest BCUT2D eigenvalue weighted by Crippen LogP contribution is 2.41. The smallest absolute Gasteiger partial charge is 0.321 e. The second-order valence-corrected chi connectivity index (χ2v) is 9.28. The molecule has 1 N–H and O–H groups in total. The molecule has 0 spiro atoms. The van der Waals surface area contributed by atoms with Gasteiger partial charge >= 0.3 is 6.03 Å². The van der Waals surface area contributed by atoms with Crippen LogP contribution in [0.4, 0.5) is 14.9 Å². The predicted octanol–water partition coefficient (Wildman–Crippen LogP) is 5.10. The third kappa shape index (κ3) is 5.21. The van der Waals surface area contributed by atoms with Gasteiger partial charge in [-0.2, -0.15) is 0 Å². The van der Waals surface area contributed by atoms with Gasteiger partial charge in [-0.3, -0.25) is 9.88 Å². The van der Waals surface area contributed by atoms with Crippen molar-refractivity contribution in [3.8, 4) is 11.8 Å². The van der Waals surface area contributed by atoms with E-state index in [2.05, 4.69) is 58.2 Å². The first-order valence-electron chi connectivity index (χ1n) is 12.2. The van der Waals surface area contributed by atoms with Gasteiger partial charge in [0.1, 0.15) is 5.82 Å². The minimum Gasteiger partial charge on any atom is -0.323 e. The number of fused-ring (bicyclic) bond motifs is 1. The molecule has 3 atom stereocenters. The Balaban J connectivity index is 1.29. The van der Waals surface area contributed by atoms with Gasteiger partial charge in [0.2, 0.25) is 0 Å². The number of benzene rings is 2. The quantitative estimate of drug-likeness (QED) is 0.532. The Morgan fingerprint density at radius 1 is 1.03 bits per heavy atom. The minimum absolute atomic E-state index is 0.170. The zero-order valence-electron chi connectivity index (χ0n) is 19.8. The fraction of sp³-hybridized carbons (Fsp3) is 0.310. The number of nitrogens with one attached hydrogen (secondary N) is 1. The van der Waals surface area contributed by atoms with Gasteiger partial charge in [0.15, 0.2) is 0 Å². The van der Waals surface area contributed by atoms with Crippen molar-refractivity contribution < 1.29 is 9.18 Å². The number of amides is 2. The summed E-state index contributed by atoms with van der Waals surface area (Å²) in [4.78, 5) is 21.5. The molecule has 0 radical (unpaired) electrons. The van der Waals surface area contributed by atoms with Crippen LogP contribution >= 0.6 is 0 Å². The number of anilines is 1. The number of halogens is 1. The molecule has 2 amide bonds. The normalized spacial score (nSPS) is 22.0. The van der Waals surface area contributed by atoms with Gasteiger partial charge in [-0.1, -0.05) is 30.0 Å². The lowest BCUT2D eigenvalue weighted by Gasteiger charge is -2.56. The third-order valence-electron chi connectivity index (χ3n) is 7.06. The Kier molecular flexibility index (Phi) is 6.78. The molecule has 2 aliphatic heterocycles. The zero-order valence-corrected chi connectivity index (χ0v) is 19.8. The first-order chi connectivity index (χ1) is 17.1.